The van der Waals surface area contributed by atoms with E-state index in [1.165, 1.54) is 6.92 Å². The van der Waals surface area contributed by atoms with Crippen molar-refractivity contribution < 1.29 is 33.7 Å². The van der Waals surface area contributed by atoms with Crippen molar-refractivity contribution in [2.75, 3.05) is 30.9 Å². The summed E-state index contributed by atoms with van der Waals surface area (Å²) in [6.07, 6.45) is 4.56. The Kier molecular flexibility index (Phi) is 8.82. The molecule has 0 amide bonds. The highest BCUT2D eigenvalue weighted by Gasteiger charge is 2.74. The predicted molar refractivity (Wildman–Crippen MR) is 183 cm³/mol. The van der Waals surface area contributed by atoms with Crippen molar-refractivity contribution in [1.82, 2.24) is 15.2 Å². The number of anilines is 2. The van der Waals surface area contributed by atoms with Gasteiger partial charge in [-0.3, -0.25) is 14.4 Å². The fourth-order valence-corrected chi connectivity index (χ4v) is 11.8. The Morgan fingerprint density at radius 3 is 2.47 bits per heavy atom. The number of fused-ring (bicyclic) bond motifs is 3. The van der Waals surface area contributed by atoms with Crippen LogP contribution in [0.2, 0.25) is 0 Å². The van der Waals surface area contributed by atoms with Crippen LogP contribution in [0.5, 0.6) is 0 Å². The van der Waals surface area contributed by atoms with Crippen molar-refractivity contribution in [3.05, 3.63) is 11.6 Å². The first kappa shape index (κ1) is 35.8. The minimum atomic E-state index is -1.07. The fraction of sp³-hybridized carbons (Fsp3) is 0.811. The van der Waals surface area contributed by atoms with E-state index in [4.69, 9.17) is 19.9 Å². The number of nitrogens with zero attached hydrogens (tertiary/aromatic N) is 2. The lowest BCUT2D eigenvalue weighted by Gasteiger charge is -2.70. The Labute approximate surface area is 290 Å². The quantitative estimate of drug-likeness (QED) is 0.249. The zero-order valence-corrected chi connectivity index (χ0v) is 30.7. The van der Waals surface area contributed by atoms with Gasteiger partial charge in [0.15, 0.2) is 5.78 Å². The number of esters is 1. The van der Waals surface area contributed by atoms with Gasteiger partial charge in [-0.05, 0) is 79.6 Å². The van der Waals surface area contributed by atoms with E-state index in [1.807, 2.05) is 19.9 Å². The molecule has 49 heavy (non-hydrogen) atoms. The van der Waals surface area contributed by atoms with Gasteiger partial charge in [-0.25, -0.2) is 5.10 Å². The SMILES string of the molecule is CC(=O)O[C@@H]1C[C@@]23COC[C@@](C)([C@@H]2CC[C@H]2C3=CC(=O)[C@@]3(C)[C@H](C(=O)O)[C@@](C)([C@H](C)C(C)C)CC[C@]23C)[C@H]1OCC(C)Nc1n[nH]c(N)n1. The first-order chi connectivity index (χ1) is 22.8. The molecule has 0 radical (unpaired) electrons. The summed E-state index contributed by atoms with van der Waals surface area (Å²) in [6, 6.07) is -0.169. The molecule has 1 aromatic heterocycles. The van der Waals surface area contributed by atoms with Crippen LogP contribution < -0.4 is 11.1 Å². The van der Waals surface area contributed by atoms with Crippen LogP contribution in [0.1, 0.15) is 94.4 Å². The maximum absolute atomic E-state index is 14.9. The lowest BCUT2D eigenvalue weighted by Crippen LogP contribution is -2.71. The van der Waals surface area contributed by atoms with Crippen LogP contribution in [0.25, 0.3) is 0 Å². The number of aromatic amines is 1. The summed E-state index contributed by atoms with van der Waals surface area (Å²) in [7, 11) is 0. The minimum absolute atomic E-state index is 0.00612. The smallest absolute Gasteiger partial charge is 0.308 e. The lowest BCUT2D eigenvalue weighted by molar-refractivity contribution is -0.266. The minimum Gasteiger partial charge on any atom is -0.481 e. The van der Waals surface area contributed by atoms with E-state index in [0.29, 0.717) is 32.2 Å². The van der Waals surface area contributed by atoms with Crippen LogP contribution in [0.3, 0.4) is 0 Å². The van der Waals surface area contributed by atoms with Crippen molar-refractivity contribution in [3.63, 3.8) is 0 Å². The molecule has 2 bridgehead atoms. The molecule has 4 aliphatic carbocycles. The topological polar surface area (TPSA) is 179 Å². The van der Waals surface area contributed by atoms with Crippen LogP contribution in [-0.2, 0) is 28.6 Å². The van der Waals surface area contributed by atoms with Gasteiger partial charge in [0.25, 0.3) is 0 Å². The summed E-state index contributed by atoms with van der Waals surface area (Å²) in [5.41, 5.74) is 3.55. The number of H-pyrrole nitrogens is 1. The number of carboxylic acid groups (broad SMARTS) is 1. The maximum Gasteiger partial charge on any atom is 0.308 e. The van der Waals surface area contributed by atoms with E-state index < -0.39 is 51.2 Å². The third kappa shape index (κ3) is 5.16. The van der Waals surface area contributed by atoms with E-state index >= 15 is 0 Å². The van der Waals surface area contributed by atoms with Crippen LogP contribution in [-0.4, -0.2) is 76.1 Å². The molecule has 1 aliphatic heterocycles. The number of nitrogens with one attached hydrogen (secondary N) is 2. The Bertz CT molecular complexity index is 1530. The zero-order chi connectivity index (χ0) is 35.9. The molecular formula is C37H57N5O7. The number of nitrogens with two attached hydrogens (primary N) is 1. The molecule has 1 unspecified atom stereocenters. The number of carbonyl (C=O) groups excluding carboxylic acids is 2. The normalized spacial score (nSPS) is 42.6. The number of carboxylic acids is 1. The Morgan fingerprint density at radius 1 is 1.14 bits per heavy atom. The number of allylic oxidation sites excluding steroid dienone is 1. The molecule has 6 rings (SSSR count). The first-order valence-electron chi connectivity index (χ1n) is 18.2. The molecule has 3 saturated carbocycles. The highest BCUT2D eigenvalue weighted by molar-refractivity contribution is 6.00. The molecule has 1 saturated heterocycles. The molecule has 272 valence electrons. The van der Waals surface area contributed by atoms with Crippen molar-refractivity contribution in [3.8, 4) is 0 Å². The van der Waals surface area contributed by atoms with Gasteiger partial charge in [0, 0.05) is 29.2 Å². The molecule has 5 N–H and O–H groups in total. The average molecular weight is 684 g/mol. The van der Waals surface area contributed by atoms with Crippen LogP contribution in [0.15, 0.2) is 11.6 Å². The summed E-state index contributed by atoms with van der Waals surface area (Å²) in [5, 5.41) is 20.8. The van der Waals surface area contributed by atoms with Gasteiger partial charge in [0.05, 0.1) is 25.7 Å². The Balaban J connectivity index is 1.38. The summed E-state index contributed by atoms with van der Waals surface area (Å²) in [5.74, 6) is -1.04. The summed E-state index contributed by atoms with van der Waals surface area (Å²) >= 11 is 0. The van der Waals surface area contributed by atoms with Gasteiger partial charge in [-0.15, -0.1) is 5.10 Å². The Hall–Kier alpha value is -2.99. The number of carbonyl (C=O) groups is 3. The number of ether oxygens (including phenoxy) is 3. The van der Waals surface area contributed by atoms with Crippen LogP contribution >= 0.6 is 0 Å². The number of hydrogen-bond acceptors (Lipinski definition) is 10. The summed E-state index contributed by atoms with van der Waals surface area (Å²) in [4.78, 5) is 45.0. The fourth-order valence-electron chi connectivity index (χ4n) is 11.8. The molecule has 12 atom stereocenters. The molecule has 1 aromatic rings. The summed E-state index contributed by atoms with van der Waals surface area (Å²) < 4.78 is 19.3. The van der Waals surface area contributed by atoms with Gasteiger partial charge in [-0.2, -0.15) is 4.98 Å². The number of aromatic nitrogens is 3. The van der Waals surface area contributed by atoms with E-state index in [1.54, 1.807) is 0 Å². The second kappa shape index (κ2) is 12.1. The van der Waals surface area contributed by atoms with Gasteiger partial charge < -0.3 is 30.4 Å². The molecule has 5 aliphatic rings. The van der Waals surface area contributed by atoms with E-state index in [2.05, 4.69) is 62.0 Å². The van der Waals surface area contributed by atoms with Crippen LogP contribution in [0.4, 0.5) is 11.9 Å². The van der Waals surface area contributed by atoms with Gasteiger partial charge in [0.2, 0.25) is 11.9 Å². The number of hydrogen-bond donors (Lipinski definition) is 4. The van der Waals surface area contributed by atoms with Crippen molar-refractivity contribution >= 4 is 29.6 Å². The number of nitrogen functional groups attached to an aromatic ring is 1. The van der Waals surface area contributed by atoms with Gasteiger partial charge in [0.1, 0.15) is 12.2 Å². The first-order valence-corrected chi connectivity index (χ1v) is 18.2. The average Bonchev–Trinajstić information content (AvgIpc) is 3.41. The number of aliphatic carboxylic acids is 1. The largest absolute Gasteiger partial charge is 0.481 e. The third-order valence-corrected chi connectivity index (χ3v) is 14.7. The predicted octanol–water partition coefficient (Wildman–Crippen LogP) is 5.27. The van der Waals surface area contributed by atoms with Gasteiger partial charge >= 0.3 is 11.9 Å². The zero-order valence-electron chi connectivity index (χ0n) is 30.7. The second-order valence-electron chi connectivity index (χ2n) is 17.4. The molecule has 2 heterocycles. The molecule has 12 nitrogen and oxygen atoms in total. The molecule has 0 aromatic carbocycles. The van der Waals surface area contributed by atoms with Crippen molar-refractivity contribution in [1.29, 1.82) is 0 Å². The lowest BCUT2D eigenvalue weighted by atomic mass is 9.34. The monoisotopic (exact) mass is 683 g/mol. The molecule has 12 heteroatoms. The Morgan fingerprint density at radius 2 is 1.86 bits per heavy atom. The third-order valence-electron chi connectivity index (χ3n) is 14.7. The number of ketones is 1. The highest BCUT2D eigenvalue weighted by Crippen LogP contribution is 2.74. The summed E-state index contributed by atoms with van der Waals surface area (Å²) in [6.45, 7) is 19.4. The van der Waals surface area contributed by atoms with Crippen LogP contribution in [0, 0.1) is 56.7 Å². The maximum atomic E-state index is 14.9. The molecule has 4 fully saturated rings. The van der Waals surface area contributed by atoms with Gasteiger partial charge in [-0.1, -0.05) is 54.0 Å². The van der Waals surface area contributed by atoms with E-state index in [9.17, 15) is 19.5 Å². The molecule has 0 spiro atoms. The van der Waals surface area contributed by atoms with Crippen molar-refractivity contribution in [2.45, 2.75) is 113 Å². The van der Waals surface area contributed by atoms with E-state index in [0.717, 1.165) is 31.3 Å². The van der Waals surface area contributed by atoms with E-state index in [-0.39, 0.29) is 47.4 Å². The van der Waals surface area contributed by atoms with Crippen molar-refractivity contribution in [2.24, 2.45) is 56.7 Å². The highest BCUT2D eigenvalue weighted by atomic mass is 16.6. The standard InChI is InChI=1S/C37H57N5O7/c1-19(2)21(4)33(6)12-13-35(8)23-10-11-26-34(7)17-47-18-37(26,24(23)14-27(44)36(35,9)28(33)30(45)46)15-25(49-22(5)43)29(34)48-16-20(3)39-32-40-31(38)41-42-32/h14,19-21,23,25-26,28-29H,10-13,15-18H2,1-9H3,(H,45,46)(H4,38,39,40,41,42)/t20?,21-,23+,25-,26+,28-,29+,33-,34+,35-,36+,37+/m1/s1. The second-order valence-corrected chi connectivity index (χ2v) is 17.4. The number of rotatable bonds is 9. The molecular weight excluding hydrogens is 626 g/mol.